The van der Waals surface area contributed by atoms with Crippen molar-refractivity contribution < 1.29 is 9.53 Å². The van der Waals surface area contributed by atoms with Crippen LogP contribution in [0.4, 0.5) is 5.69 Å². The van der Waals surface area contributed by atoms with Crippen LogP contribution >= 0.6 is 11.8 Å². The summed E-state index contributed by atoms with van der Waals surface area (Å²) in [5.41, 5.74) is 4.62. The maximum atomic E-state index is 12.8. The van der Waals surface area contributed by atoms with Gasteiger partial charge < -0.3 is 9.64 Å². The van der Waals surface area contributed by atoms with Crippen molar-refractivity contribution in [1.82, 2.24) is 0 Å². The Kier molecular flexibility index (Phi) is 6.88. The molecular weight excluding hydrogens is 390 g/mol. The average molecular weight is 418 g/mol. The van der Waals surface area contributed by atoms with Gasteiger partial charge in [0.2, 0.25) is 5.91 Å². The summed E-state index contributed by atoms with van der Waals surface area (Å²) >= 11 is 1.64. The molecule has 1 aliphatic rings. The van der Waals surface area contributed by atoms with Crippen molar-refractivity contribution in [3.05, 3.63) is 102 Å². The number of carbonyl (C=O) groups is 1. The van der Waals surface area contributed by atoms with E-state index >= 15 is 0 Å². The van der Waals surface area contributed by atoms with Gasteiger partial charge in [-0.15, -0.1) is 11.8 Å². The van der Waals surface area contributed by atoms with Gasteiger partial charge in [0.1, 0.15) is 6.10 Å². The number of amides is 1. The standard InChI is InChI=1S/C26H27NO2S/c1-20-18-23-14-8-9-15-24(23)27(20)25(28)19-30-17-16-29-26(21-10-4-2-5-11-21)22-12-6-3-7-13-22/h2-15,20,26H,16-19H2,1H3. The van der Waals surface area contributed by atoms with Crippen LogP contribution < -0.4 is 4.90 Å². The maximum absolute atomic E-state index is 12.8. The molecule has 30 heavy (non-hydrogen) atoms. The number of fused-ring (bicyclic) bond motifs is 1. The molecule has 0 bridgehead atoms. The van der Waals surface area contributed by atoms with Crippen molar-refractivity contribution in [2.75, 3.05) is 23.0 Å². The van der Waals surface area contributed by atoms with E-state index in [9.17, 15) is 4.79 Å². The van der Waals surface area contributed by atoms with Crippen LogP contribution in [-0.2, 0) is 16.0 Å². The zero-order valence-corrected chi connectivity index (χ0v) is 18.1. The van der Waals surface area contributed by atoms with Crippen molar-refractivity contribution in [2.45, 2.75) is 25.5 Å². The number of rotatable bonds is 8. The van der Waals surface area contributed by atoms with Crippen LogP contribution in [0.3, 0.4) is 0 Å². The lowest BCUT2D eigenvalue weighted by atomic mass is 10.0. The minimum atomic E-state index is -0.0887. The van der Waals surface area contributed by atoms with E-state index in [0.29, 0.717) is 12.4 Å². The van der Waals surface area contributed by atoms with E-state index in [2.05, 4.69) is 43.3 Å². The Balaban J connectivity index is 1.30. The van der Waals surface area contributed by atoms with Crippen LogP contribution in [0.5, 0.6) is 0 Å². The summed E-state index contributed by atoms with van der Waals surface area (Å²) in [7, 11) is 0. The first-order valence-electron chi connectivity index (χ1n) is 10.4. The van der Waals surface area contributed by atoms with Gasteiger partial charge >= 0.3 is 0 Å². The minimum absolute atomic E-state index is 0.0887. The molecule has 3 nitrogen and oxygen atoms in total. The molecule has 1 atom stereocenters. The summed E-state index contributed by atoms with van der Waals surface area (Å²) in [5, 5.41) is 0. The van der Waals surface area contributed by atoms with Gasteiger partial charge in [0, 0.05) is 17.5 Å². The Hall–Kier alpha value is -2.56. The first kappa shape index (κ1) is 20.7. The molecule has 0 saturated carbocycles. The van der Waals surface area contributed by atoms with Crippen LogP contribution in [0.25, 0.3) is 0 Å². The summed E-state index contributed by atoms with van der Waals surface area (Å²) in [6.07, 6.45) is 0.847. The molecule has 154 valence electrons. The quantitative estimate of drug-likeness (QED) is 0.453. The van der Waals surface area contributed by atoms with Crippen LogP contribution in [0.15, 0.2) is 84.9 Å². The largest absolute Gasteiger partial charge is 0.368 e. The van der Waals surface area contributed by atoms with E-state index in [0.717, 1.165) is 29.0 Å². The fourth-order valence-electron chi connectivity index (χ4n) is 4.04. The van der Waals surface area contributed by atoms with Gasteiger partial charge in [-0.1, -0.05) is 78.9 Å². The van der Waals surface area contributed by atoms with Gasteiger partial charge in [0.05, 0.1) is 12.4 Å². The van der Waals surface area contributed by atoms with Crippen molar-refractivity contribution in [1.29, 1.82) is 0 Å². The highest BCUT2D eigenvalue weighted by atomic mass is 32.2. The average Bonchev–Trinajstić information content (AvgIpc) is 3.13. The second kappa shape index (κ2) is 9.96. The van der Waals surface area contributed by atoms with Crippen LogP contribution in [0, 0.1) is 0 Å². The molecule has 4 heteroatoms. The monoisotopic (exact) mass is 417 g/mol. The third kappa shape index (κ3) is 4.77. The number of carbonyl (C=O) groups excluding carboxylic acids is 1. The third-order valence-corrected chi connectivity index (χ3v) is 6.32. The molecular formula is C26H27NO2S. The fraction of sp³-hybridized carbons (Fsp3) is 0.269. The summed E-state index contributed by atoms with van der Waals surface area (Å²) in [4.78, 5) is 14.8. The van der Waals surface area contributed by atoms with E-state index in [4.69, 9.17) is 4.74 Å². The highest BCUT2D eigenvalue weighted by molar-refractivity contribution is 7.99. The number of anilines is 1. The molecule has 0 saturated heterocycles. The Labute approximate surface area is 183 Å². The fourth-order valence-corrected chi connectivity index (χ4v) is 4.71. The first-order valence-corrected chi connectivity index (χ1v) is 11.6. The van der Waals surface area contributed by atoms with Gasteiger partial charge in [-0.2, -0.15) is 0 Å². The summed E-state index contributed by atoms with van der Waals surface area (Å²) in [6, 6.07) is 29.0. The molecule has 0 aromatic heterocycles. The first-order chi connectivity index (χ1) is 14.7. The predicted octanol–water partition coefficient (Wildman–Crippen LogP) is 5.50. The van der Waals surface area contributed by atoms with Gasteiger partial charge in [-0.25, -0.2) is 0 Å². The maximum Gasteiger partial charge on any atom is 0.237 e. The third-order valence-electron chi connectivity index (χ3n) is 5.42. The van der Waals surface area contributed by atoms with E-state index in [-0.39, 0.29) is 18.1 Å². The van der Waals surface area contributed by atoms with Crippen molar-refractivity contribution in [3.8, 4) is 0 Å². The van der Waals surface area contributed by atoms with Crippen molar-refractivity contribution >= 4 is 23.4 Å². The molecule has 0 radical (unpaired) electrons. The van der Waals surface area contributed by atoms with E-state index in [1.165, 1.54) is 5.56 Å². The molecule has 1 heterocycles. The Bertz CT molecular complexity index is 922. The summed E-state index contributed by atoms with van der Waals surface area (Å²) < 4.78 is 6.25. The lowest BCUT2D eigenvalue weighted by Crippen LogP contribution is -2.37. The smallest absolute Gasteiger partial charge is 0.237 e. The zero-order chi connectivity index (χ0) is 20.8. The van der Waals surface area contributed by atoms with E-state index < -0.39 is 0 Å². The number of ether oxygens (including phenoxy) is 1. The molecule has 4 rings (SSSR count). The highest BCUT2D eigenvalue weighted by Gasteiger charge is 2.30. The number of thioether (sulfide) groups is 1. The number of para-hydroxylation sites is 1. The van der Waals surface area contributed by atoms with Gasteiger partial charge in [0.15, 0.2) is 0 Å². The Morgan fingerprint density at radius 2 is 1.57 bits per heavy atom. The Morgan fingerprint density at radius 1 is 0.967 bits per heavy atom. The molecule has 0 aliphatic carbocycles. The number of hydrogen-bond acceptors (Lipinski definition) is 3. The molecule has 0 spiro atoms. The molecule has 3 aromatic carbocycles. The van der Waals surface area contributed by atoms with Crippen LogP contribution in [0.1, 0.15) is 29.7 Å². The molecule has 0 fully saturated rings. The molecule has 1 aliphatic heterocycles. The zero-order valence-electron chi connectivity index (χ0n) is 17.2. The molecule has 0 N–H and O–H groups in total. The van der Waals surface area contributed by atoms with E-state index in [1.807, 2.05) is 53.4 Å². The highest BCUT2D eigenvalue weighted by Crippen LogP contribution is 2.32. The predicted molar refractivity (Wildman–Crippen MR) is 125 cm³/mol. The summed E-state index contributed by atoms with van der Waals surface area (Å²) in [5.74, 6) is 1.44. The second-order valence-corrected chi connectivity index (χ2v) is 8.68. The van der Waals surface area contributed by atoms with Crippen LogP contribution in [0.2, 0.25) is 0 Å². The lowest BCUT2D eigenvalue weighted by Gasteiger charge is -2.23. The SMILES string of the molecule is CC1Cc2ccccc2N1C(=O)CSCCOC(c1ccccc1)c1ccccc1. The van der Waals surface area contributed by atoms with E-state index in [1.54, 1.807) is 11.8 Å². The van der Waals surface area contributed by atoms with Crippen LogP contribution in [-0.4, -0.2) is 30.1 Å². The summed E-state index contributed by atoms with van der Waals surface area (Å²) in [6.45, 7) is 2.72. The molecule has 1 amide bonds. The lowest BCUT2D eigenvalue weighted by molar-refractivity contribution is -0.116. The van der Waals surface area contributed by atoms with Gasteiger partial charge in [-0.3, -0.25) is 4.79 Å². The number of benzene rings is 3. The second-order valence-electron chi connectivity index (χ2n) is 7.57. The normalized spacial score (nSPS) is 15.4. The number of nitrogens with zero attached hydrogens (tertiary/aromatic N) is 1. The Morgan fingerprint density at radius 3 is 2.23 bits per heavy atom. The van der Waals surface area contributed by atoms with Crippen molar-refractivity contribution in [2.24, 2.45) is 0 Å². The van der Waals surface area contributed by atoms with Gasteiger partial charge in [0.25, 0.3) is 0 Å². The topological polar surface area (TPSA) is 29.5 Å². The molecule has 1 unspecified atom stereocenters. The number of hydrogen-bond donors (Lipinski definition) is 0. The van der Waals surface area contributed by atoms with Crippen molar-refractivity contribution in [3.63, 3.8) is 0 Å². The van der Waals surface area contributed by atoms with Gasteiger partial charge in [-0.05, 0) is 36.1 Å². The minimum Gasteiger partial charge on any atom is -0.368 e. The molecule has 3 aromatic rings.